The summed E-state index contributed by atoms with van der Waals surface area (Å²) in [4.78, 5) is 46.2. The summed E-state index contributed by atoms with van der Waals surface area (Å²) < 4.78 is 54.2. The number of carbonyl (C=O) groups excluding carboxylic acids is 2. The zero-order valence-corrected chi connectivity index (χ0v) is 41.1. The number of alkyl halides is 3. The number of allylic oxidation sites excluding steroid dienone is 4. The fourth-order valence-electron chi connectivity index (χ4n) is 11.9. The lowest BCUT2D eigenvalue weighted by atomic mass is 9.56. The molecule has 9 nitrogen and oxygen atoms in total. The molecule has 4 atom stereocenters. The number of aromatic nitrogens is 1. The van der Waals surface area contributed by atoms with Crippen molar-refractivity contribution >= 4 is 73.2 Å². The minimum Gasteiger partial charge on any atom is -0.511 e. The molecule has 2 saturated carbocycles. The van der Waals surface area contributed by atoms with Crippen LogP contribution in [0.3, 0.4) is 0 Å². The third kappa shape index (κ3) is 7.44. The van der Waals surface area contributed by atoms with E-state index in [1.807, 2.05) is 39.8 Å². The number of fused-ring (bicyclic) bond motifs is 5. The molecule has 9 rings (SSSR count). The molecule has 5 aromatic rings. The highest BCUT2D eigenvalue weighted by molar-refractivity contribution is 7.20. The summed E-state index contributed by atoms with van der Waals surface area (Å²) in [6.07, 6.45) is -0.263. The van der Waals surface area contributed by atoms with Crippen molar-refractivity contribution in [3.8, 4) is 22.4 Å². The number of Topliss-reactive ketones (excluding diaryl/α,β-unsaturated/α-hetero) is 2. The molecule has 68 heavy (non-hydrogen) atoms. The van der Waals surface area contributed by atoms with Gasteiger partial charge in [-0.1, -0.05) is 88.2 Å². The number of aryl methyl sites for hydroxylation is 2. The largest absolute Gasteiger partial charge is 0.511 e. The summed E-state index contributed by atoms with van der Waals surface area (Å²) >= 11 is 14.0. The van der Waals surface area contributed by atoms with Gasteiger partial charge in [0.1, 0.15) is 28.5 Å². The van der Waals surface area contributed by atoms with E-state index in [4.69, 9.17) is 32.7 Å². The first kappa shape index (κ1) is 47.8. The molecule has 4 bridgehead atoms. The van der Waals surface area contributed by atoms with Crippen LogP contribution < -0.4 is 9.47 Å². The molecule has 0 amide bonds. The minimum atomic E-state index is -4.68. The first-order valence-corrected chi connectivity index (χ1v) is 24.5. The molecule has 356 valence electrons. The van der Waals surface area contributed by atoms with Gasteiger partial charge >= 0.3 is 6.18 Å². The molecule has 15 heteroatoms. The summed E-state index contributed by atoms with van der Waals surface area (Å²) in [5, 5.41) is 26.0. The monoisotopic (exact) mass is 987 g/mol. The predicted octanol–water partition coefficient (Wildman–Crippen LogP) is 15.4. The van der Waals surface area contributed by atoms with Crippen molar-refractivity contribution in [2.75, 3.05) is 7.05 Å². The van der Waals surface area contributed by atoms with Gasteiger partial charge in [-0.3, -0.25) is 9.59 Å². The Kier molecular flexibility index (Phi) is 11.8. The van der Waals surface area contributed by atoms with Gasteiger partial charge in [-0.25, -0.2) is 4.98 Å². The molecule has 1 aromatic heterocycles. The Bertz CT molecular complexity index is 3050. The summed E-state index contributed by atoms with van der Waals surface area (Å²) in [6.45, 7) is 12.1. The normalized spacial score (nSPS) is 24.1. The Labute approximate surface area is 406 Å². The van der Waals surface area contributed by atoms with Gasteiger partial charge in [0.2, 0.25) is 5.75 Å². The maximum atomic E-state index is 14.6. The van der Waals surface area contributed by atoms with E-state index in [0.29, 0.717) is 99.3 Å². The van der Waals surface area contributed by atoms with Crippen molar-refractivity contribution in [2.45, 2.75) is 99.1 Å². The molecule has 2 fully saturated rings. The molecule has 0 aliphatic heterocycles. The Balaban J connectivity index is 1.07. The number of rotatable bonds is 12. The van der Waals surface area contributed by atoms with Gasteiger partial charge in [0.05, 0.1) is 26.4 Å². The van der Waals surface area contributed by atoms with Crippen molar-refractivity contribution in [3.05, 3.63) is 121 Å². The Morgan fingerprint density at radius 3 is 2.09 bits per heavy atom. The number of halogens is 5. The second-order valence-corrected chi connectivity index (χ2v) is 22.0. The molecule has 0 spiro atoms. The van der Waals surface area contributed by atoms with E-state index in [0.717, 1.165) is 41.1 Å². The van der Waals surface area contributed by atoms with E-state index >= 15 is 0 Å². The third-order valence-corrected chi connectivity index (χ3v) is 17.7. The average Bonchev–Trinajstić information content (AvgIpc) is 3.82. The van der Waals surface area contributed by atoms with Gasteiger partial charge in [-0.05, 0) is 133 Å². The highest BCUT2D eigenvalue weighted by Gasteiger charge is 2.64. The van der Waals surface area contributed by atoms with E-state index in [2.05, 4.69) is 18.8 Å². The molecular weight excluding hydrogens is 937 g/mol. The number of nitrogens with zero attached hydrogens (tertiary/aromatic N) is 2. The summed E-state index contributed by atoms with van der Waals surface area (Å²) in [5.74, 6) is -0.455. The number of hydrogen-bond donors (Lipinski definition) is 2. The van der Waals surface area contributed by atoms with Gasteiger partial charge in [0.25, 0.3) is 10.9 Å². The molecule has 4 aliphatic rings. The van der Waals surface area contributed by atoms with Crippen LogP contribution in [0.25, 0.3) is 21.4 Å². The number of ether oxygens (including phenoxy) is 2. The first-order valence-electron chi connectivity index (χ1n) is 22.9. The molecule has 0 unspecified atom stereocenters. The van der Waals surface area contributed by atoms with E-state index in [9.17, 15) is 37.9 Å². The molecule has 0 radical (unpaired) electrons. The van der Waals surface area contributed by atoms with E-state index in [1.165, 1.54) is 11.3 Å². The van der Waals surface area contributed by atoms with Crippen LogP contribution in [0, 0.1) is 38.4 Å². The van der Waals surface area contributed by atoms with Crippen LogP contribution >= 0.6 is 34.5 Å². The van der Waals surface area contributed by atoms with Crippen molar-refractivity contribution in [2.24, 2.45) is 33.5 Å². The predicted molar refractivity (Wildman–Crippen MR) is 258 cm³/mol. The number of aliphatic hydroxyl groups excluding tert-OH is 2. The lowest BCUT2D eigenvalue weighted by Crippen LogP contribution is -2.45. The number of aliphatic hydroxyl groups is 2. The zero-order valence-electron chi connectivity index (χ0n) is 38.8. The van der Waals surface area contributed by atoms with Gasteiger partial charge in [-0.2, -0.15) is 13.2 Å². The number of thiazole rings is 1. The van der Waals surface area contributed by atoms with Crippen LogP contribution in [-0.4, -0.2) is 38.6 Å². The SMILES string of the molecule is CCc1ccc(Oc2ccc(C(F)(F)F)cc2[N+](C)=O)cc1C1=C(O)[C@@]2(CCCc3ccc(Oc4nc5c(Cl)cc(Cl)cc5s4)cc3C3=C(O)[C@@]4(C)CC[C@@H](C3=O)C4(C)C)CC[C@@H](C1=O)C2(C)C. The number of ketones is 2. The van der Waals surface area contributed by atoms with Crippen LogP contribution in [0.1, 0.15) is 108 Å². The molecular formula is C53H52Cl2F3N2O7S+. The number of nitroso groups, excluding NO2 is 1. The van der Waals surface area contributed by atoms with Crippen LogP contribution in [0.4, 0.5) is 18.9 Å². The maximum absolute atomic E-state index is 14.6. The van der Waals surface area contributed by atoms with Crippen LogP contribution in [0.2, 0.25) is 10.0 Å². The lowest BCUT2D eigenvalue weighted by molar-refractivity contribution is -0.429. The highest BCUT2D eigenvalue weighted by Crippen LogP contribution is 2.67. The van der Waals surface area contributed by atoms with Crippen LogP contribution in [0.15, 0.2) is 78.2 Å². The quantitative estimate of drug-likeness (QED) is 0.118. The Morgan fingerprint density at radius 1 is 0.809 bits per heavy atom. The summed E-state index contributed by atoms with van der Waals surface area (Å²) in [6, 6.07) is 16.6. The standard InChI is InChI=1S/C53H51Cl2F3N2O7S/c1-8-27-11-14-31(66-39-16-13-29(53(56,57)58)22-38(39)60(7)65)25-33(27)42-45(62)36-18-21-52(47(42)64,50(36,4)5)19-9-10-28-12-15-32(67-48-59-43-37(55)23-30(54)24-40(43)68-48)26-34(28)41-44(61)35-17-20-51(6,46(41)63)49(35,2)3/h11-16,22-26,35-36H,8-10,17-21H2,1-7H3,(H-,61,62,63,64)/p+1/t35-,36-,51+,52+/m0/s1. The Morgan fingerprint density at radius 2 is 1.43 bits per heavy atom. The highest BCUT2D eigenvalue weighted by atomic mass is 35.5. The second kappa shape index (κ2) is 16.7. The first-order chi connectivity index (χ1) is 31.9. The molecule has 1 heterocycles. The van der Waals surface area contributed by atoms with Gasteiger partial charge in [0.15, 0.2) is 18.6 Å². The van der Waals surface area contributed by atoms with Crippen molar-refractivity contribution in [1.82, 2.24) is 4.98 Å². The summed E-state index contributed by atoms with van der Waals surface area (Å²) in [7, 11) is 1.08. The minimum absolute atomic E-state index is 0.0154. The maximum Gasteiger partial charge on any atom is 0.416 e. The van der Waals surface area contributed by atoms with E-state index in [1.54, 1.807) is 36.4 Å². The average molecular weight is 989 g/mol. The fraction of sp³-hybridized carbons (Fsp3) is 0.415. The molecule has 2 N–H and O–H groups in total. The smallest absolute Gasteiger partial charge is 0.416 e. The van der Waals surface area contributed by atoms with Gasteiger partial charge in [0, 0.05) is 43.4 Å². The molecule has 0 saturated heterocycles. The lowest BCUT2D eigenvalue weighted by Gasteiger charge is -2.48. The second-order valence-electron chi connectivity index (χ2n) is 20.2. The summed E-state index contributed by atoms with van der Waals surface area (Å²) in [5.41, 5.74) is -0.233. The van der Waals surface area contributed by atoms with Gasteiger partial charge in [-0.15, -0.1) is 0 Å². The third-order valence-electron chi connectivity index (χ3n) is 16.3. The molecule has 4 aliphatic carbocycles. The Hall–Kier alpha value is -5.24. The zero-order chi connectivity index (χ0) is 49.0. The fourth-order valence-corrected chi connectivity index (χ4v) is 13.5. The topological polar surface area (TPSA) is 126 Å². The molecule has 4 aromatic carbocycles. The van der Waals surface area contributed by atoms with Crippen molar-refractivity contribution < 1.29 is 47.2 Å². The van der Waals surface area contributed by atoms with Crippen LogP contribution in [0.5, 0.6) is 22.4 Å². The number of benzene rings is 4. The van der Waals surface area contributed by atoms with E-state index < -0.39 is 39.3 Å². The van der Waals surface area contributed by atoms with E-state index in [-0.39, 0.29) is 51.8 Å². The van der Waals surface area contributed by atoms with Crippen molar-refractivity contribution in [3.63, 3.8) is 0 Å². The van der Waals surface area contributed by atoms with Gasteiger partial charge < -0.3 is 19.7 Å². The van der Waals surface area contributed by atoms with Crippen LogP contribution in [-0.2, 0) is 28.6 Å². The number of hydrogen-bond acceptors (Lipinski definition) is 9. The van der Waals surface area contributed by atoms with Crippen molar-refractivity contribution in [1.29, 1.82) is 0 Å². The number of carbonyl (C=O) groups is 2.